The number of carbonyl (C=O) groups excluding carboxylic acids is 3. The van der Waals surface area contributed by atoms with Gasteiger partial charge in [-0.25, -0.2) is 4.79 Å². The summed E-state index contributed by atoms with van der Waals surface area (Å²) in [6, 6.07) is -0.261. The summed E-state index contributed by atoms with van der Waals surface area (Å²) in [4.78, 5) is 53.7. The Labute approximate surface area is 229 Å². The van der Waals surface area contributed by atoms with Gasteiger partial charge in [-0.05, 0) is 26.2 Å². The van der Waals surface area contributed by atoms with E-state index in [0.717, 1.165) is 44.7 Å². The van der Waals surface area contributed by atoms with Crippen molar-refractivity contribution >= 4 is 29.7 Å². The maximum atomic E-state index is 12.3. The Bertz CT molecular complexity index is 723. The summed E-state index contributed by atoms with van der Waals surface area (Å²) >= 11 is 0. The first-order chi connectivity index (χ1) is 18.3. The number of urea groups is 1. The van der Waals surface area contributed by atoms with Crippen LogP contribution in [0.5, 0.6) is 0 Å². The van der Waals surface area contributed by atoms with E-state index in [4.69, 9.17) is 5.11 Å². The average Bonchev–Trinajstić information content (AvgIpc) is 3.44. The van der Waals surface area contributed by atoms with Crippen LogP contribution >= 0.6 is 0 Å². The number of hydrogen-bond acceptors (Lipinski definition) is 7. The summed E-state index contributed by atoms with van der Waals surface area (Å²) in [7, 11) is 0. The fourth-order valence-electron chi connectivity index (χ4n) is 3.89. The second kappa shape index (κ2) is 22.2. The molecule has 1 unspecified atom stereocenters. The number of carbonyl (C=O) groups is 4. The van der Waals surface area contributed by atoms with E-state index in [9.17, 15) is 19.2 Å². The number of hydrogen-bond donors (Lipinski definition) is 4. The summed E-state index contributed by atoms with van der Waals surface area (Å²) in [6.45, 7) is 14.1. The normalized spacial score (nSPS) is 15.0. The molecule has 3 amide bonds. The number of Topliss-reactive ketones (excluding diaryl/α,β-unsaturated/α-hetero) is 1. The highest BCUT2D eigenvalue weighted by molar-refractivity contribution is 5.81. The molecule has 0 spiro atoms. The molecular formula is C27H52N6O5. The van der Waals surface area contributed by atoms with Gasteiger partial charge in [-0.2, -0.15) is 0 Å². The summed E-state index contributed by atoms with van der Waals surface area (Å²) in [5.41, 5.74) is 0. The van der Waals surface area contributed by atoms with Crippen LogP contribution < -0.4 is 16.0 Å². The molecule has 2 heterocycles. The highest BCUT2D eigenvalue weighted by Gasteiger charge is 2.25. The zero-order valence-corrected chi connectivity index (χ0v) is 24.3. The van der Waals surface area contributed by atoms with E-state index in [1.165, 1.54) is 12.8 Å². The largest absolute Gasteiger partial charge is 0.481 e. The molecule has 220 valence electrons. The molecule has 1 saturated heterocycles. The zero-order valence-electron chi connectivity index (χ0n) is 24.3. The van der Waals surface area contributed by atoms with E-state index in [1.54, 1.807) is 16.7 Å². The molecule has 0 aromatic heterocycles. The van der Waals surface area contributed by atoms with Crippen LogP contribution in [0.25, 0.3) is 0 Å². The van der Waals surface area contributed by atoms with E-state index in [0.29, 0.717) is 51.3 Å². The number of aliphatic imine (C=N–C) groups is 1. The SMILES string of the molecule is CC.CCCC(CNC(=O)N1CCN(C(=O)CCCNC2=NCCN2)CC1)C(=O)O.CCCCCC(C)=O. The van der Waals surface area contributed by atoms with Gasteiger partial charge in [0.05, 0.1) is 12.5 Å². The van der Waals surface area contributed by atoms with Crippen LogP contribution in [0.2, 0.25) is 0 Å². The Morgan fingerprint density at radius 1 is 0.974 bits per heavy atom. The van der Waals surface area contributed by atoms with Crippen molar-refractivity contribution < 1.29 is 24.3 Å². The van der Waals surface area contributed by atoms with Gasteiger partial charge in [-0.15, -0.1) is 0 Å². The minimum Gasteiger partial charge on any atom is -0.481 e. The van der Waals surface area contributed by atoms with Crippen LogP contribution in [0.1, 0.15) is 86.0 Å². The molecule has 0 bridgehead atoms. The molecule has 2 aliphatic heterocycles. The standard InChI is InChI=1S/C18H32N6O4.C7H14O.C2H6/c1-2-4-14(16(26)27)13-22-18(28)24-11-9-23(10-12-24)15(25)5-3-6-19-17-20-7-8-21-17;1-3-4-5-6-7(2)8;1-2/h14H,2-13H2,1H3,(H,22,28)(H,26,27)(H2,19,20,21);3-6H2,1-2H3;1-2H3. The summed E-state index contributed by atoms with van der Waals surface area (Å²) in [5.74, 6) is -0.231. The molecule has 2 aliphatic rings. The first-order valence-corrected chi connectivity index (χ1v) is 14.3. The number of rotatable bonds is 13. The Balaban J connectivity index is 0.00000117. The molecule has 38 heavy (non-hydrogen) atoms. The van der Waals surface area contributed by atoms with Gasteiger partial charge in [-0.1, -0.05) is 47.0 Å². The van der Waals surface area contributed by atoms with E-state index in [1.807, 2.05) is 20.8 Å². The lowest BCUT2D eigenvalue weighted by atomic mass is 10.0. The topological polar surface area (TPSA) is 143 Å². The number of unbranched alkanes of at least 4 members (excludes halogenated alkanes) is 2. The highest BCUT2D eigenvalue weighted by Crippen LogP contribution is 2.08. The van der Waals surface area contributed by atoms with Gasteiger partial charge in [0.25, 0.3) is 0 Å². The lowest BCUT2D eigenvalue weighted by Gasteiger charge is -2.35. The fraction of sp³-hybridized carbons (Fsp3) is 0.815. The van der Waals surface area contributed by atoms with Crippen molar-refractivity contribution in [2.24, 2.45) is 10.9 Å². The second-order valence-electron chi connectivity index (χ2n) is 9.22. The fourth-order valence-corrected chi connectivity index (χ4v) is 3.89. The monoisotopic (exact) mass is 540 g/mol. The third-order valence-electron chi connectivity index (χ3n) is 6.07. The van der Waals surface area contributed by atoms with Gasteiger partial charge in [0.2, 0.25) is 5.91 Å². The quantitative estimate of drug-likeness (QED) is 0.263. The smallest absolute Gasteiger partial charge is 0.317 e. The summed E-state index contributed by atoms with van der Waals surface area (Å²) in [5, 5.41) is 18.1. The minimum atomic E-state index is -0.886. The van der Waals surface area contributed by atoms with Gasteiger partial charge in [-0.3, -0.25) is 14.6 Å². The lowest BCUT2D eigenvalue weighted by molar-refractivity contribution is -0.141. The van der Waals surface area contributed by atoms with Crippen molar-refractivity contribution in [3.05, 3.63) is 0 Å². The maximum Gasteiger partial charge on any atom is 0.317 e. The van der Waals surface area contributed by atoms with Crippen molar-refractivity contribution in [2.75, 3.05) is 52.4 Å². The number of nitrogens with one attached hydrogen (secondary N) is 3. The van der Waals surface area contributed by atoms with Crippen molar-refractivity contribution in [3.8, 4) is 0 Å². The molecule has 0 radical (unpaired) electrons. The predicted molar refractivity (Wildman–Crippen MR) is 151 cm³/mol. The summed E-state index contributed by atoms with van der Waals surface area (Å²) < 4.78 is 0. The van der Waals surface area contributed by atoms with Gasteiger partial charge in [0.1, 0.15) is 5.78 Å². The molecule has 1 fully saturated rings. The van der Waals surface area contributed by atoms with Crippen molar-refractivity contribution in [1.29, 1.82) is 0 Å². The van der Waals surface area contributed by atoms with Crippen LogP contribution in [0.4, 0.5) is 4.79 Å². The summed E-state index contributed by atoms with van der Waals surface area (Å²) in [6.07, 6.45) is 6.73. The van der Waals surface area contributed by atoms with Crippen molar-refractivity contribution in [3.63, 3.8) is 0 Å². The number of carboxylic acid groups (broad SMARTS) is 1. The molecule has 1 atom stereocenters. The number of nitrogens with zero attached hydrogens (tertiary/aromatic N) is 3. The van der Waals surface area contributed by atoms with E-state index in [2.05, 4.69) is 27.9 Å². The first-order valence-electron chi connectivity index (χ1n) is 14.3. The number of amides is 3. The lowest BCUT2D eigenvalue weighted by Crippen LogP contribution is -2.53. The molecule has 4 N–H and O–H groups in total. The van der Waals surface area contributed by atoms with Gasteiger partial charge in [0.15, 0.2) is 5.96 Å². The molecule has 2 rings (SSSR count). The molecule has 0 aliphatic carbocycles. The Morgan fingerprint density at radius 3 is 2.16 bits per heavy atom. The number of guanidine groups is 1. The van der Waals surface area contributed by atoms with E-state index < -0.39 is 11.9 Å². The van der Waals surface area contributed by atoms with E-state index >= 15 is 0 Å². The Hall–Kier alpha value is -2.85. The molecule has 0 aromatic carbocycles. The Morgan fingerprint density at radius 2 is 1.63 bits per heavy atom. The number of aliphatic carboxylic acids is 1. The van der Waals surface area contributed by atoms with Gasteiger partial charge in [0, 0.05) is 58.7 Å². The van der Waals surface area contributed by atoms with Gasteiger partial charge < -0.3 is 35.7 Å². The first kappa shape index (κ1) is 35.2. The van der Waals surface area contributed by atoms with Crippen LogP contribution in [-0.2, 0) is 14.4 Å². The highest BCUT2D eigenvalue weighted by atomic mass is 16.4. The molecule has 0 aromatic rings. The predicted octanol–water partition coefficient (Wildman–Crippen LogP) is 2.85. The Kier molecular flexibility index (Phi) is 20.5. The zero-order chi connectivity index (χ0) is 28.8. The number of piperazine rings is 1. The molecule has 0 saturated carbocycles. The van der Waals surface area contributed by atoms with E-state index in [-0.39, 0.29) is 18.5 Å². The van der Waals surface area contributed by atoms with Crippen molar-refractivity contribution in [2.45, 2.75) is 86.0 Å². The maximum absolute atomic E-state index is 12.3. The number of carboxylic acids is 1. The molecule has 11 heteroatoms. The van der Waals surface area contributed by atoms with Gasteiger partial charge >= 0.3 is 12.0 Å². The van der Waals surface area contributed by atoms with Crippen molar-refractivity contribution in [1.82, 2.24) is 25.8 Å². The van der Waals surface area contributed by atoms with Crippen LogP contribution in [0, 0.1) is 5.92 Å². The third kappa shape index (κ3) is 16.1. The van der Waals surface area contributed by atoms with Crippen LogP contribution in [-0.4, -0.2) is 96.9 Å². The van der Waals surface area contributed by atoms with Crippen LogP contribution in [0.15, 0.2) is 4.99 Å². The van der Waals surface area contributed by atoms with Crippen LogP contribution in [0.3, 0.4) is 0 Å². The minimum absolute atomic E-state index is 0.0945. The third-order valence-corrected chi connectivity index (χ3v) is 6.07. The second-order valence-corrected chi connectivity index (χ2v) is 9.22. The number of ketones is 1. The molecule has 11 nitrogen and oxygen atoms in total. The molecular weight excluding hydrogens is 488 g/mol. The average molecular weight is 541 g/mol.